The molecule has 26 heavy (non-hydrogen) atoms. The molecule has 0 saturated heterocycles. The van der Waals surface area contributed by atoms with Gasteiger partial charge in [-0.05, 0) is 84.5 Å². The first kappa shape index (κ1) is 22.8. The monoisotopic (exact) mass is 365 g/mol. The molecule has 0 radical (unpaired) electrons. The van der Waals surface area contributed by atoms with Gasteiger partial charge in [0, 0.05) is 16.9 Å². The third-order valence-corrected chi connectivity index (χ3v) is 5.56. The van der Waals surface area contributed by atoms with E-state index in [2.05, 4.69) is 19.9 Å². The molecule has 1 atom stereocenters. The normalized spacial score (nSPS) is 10.7. The minimum absolute atomic E-state index is 0. The maximum atomic E-state index is 13.0. The molecule has 134 valence electrons. The second-order valence-corrected chi connectivity index (χ2v) is 7.36. The molecule has 2 aromatic carbocycles. The Kier molecular flexibility index (Phi) is 8.91. The molecule has 0 saturated carbocycles. The summed E-state index contributed by atoms with van der Waals surface area (Å²) in [5, 5.41) is 0.923. The zero-order valence-electron chi connectivity index (χ0n) is 16.9. The molecule has 0 fully saturated rings. The van der Waals surface area contributed by atoms with E-state index in [4.69, 9.17) is 9.47 Å². The van der Waals surface area contributed by atoms with Crippen LogP contribution in [0.2, 0.25) is 0 Å². The van der Waals surface area contributed by atoms with Crippen molar-refractivity contribution in [3.05, 3.63) is 52.1 Å². The first-order valence-corrected chi connectivity index (χ1v) is 9.67. The van der Waals surface area contributed by atoms with Crippen molar-refractivity contribution in [1.29, 1.82) is 0 Å². The summed E-state index contributed by atoms with van der Waals surface area (Å²) in [4.78, 5) is 13.0. The minimum Gasteiger partial charge on any atom is -0.494 e. The van der Waals surface area contributed by atoms with Gasteiger partial charge in [0.2, 0.25) is 0 Å². The van der Waals surface area contributed by atoms with Gasteiger partial charge < -0.3 is 9.47 Å². The van der Waals surface area contributed by atoms with E-state index in [1.165, 1.54) is 11.1 Å². The largest absolute Gasteiger partial charge is 1.00 e. The van der Waals surface area contributed by atoms with E-state index in [0.717, 1.165) is 33.5 Å². The molecule has 0 bridgehead atoms. The van der Waals surface area contributed by atoms with Gasteiger partial charge in [0.25, 0.3) is 0 Å². The van der Waals surface area contributed by atoms with Gasteiger partial charge in [0.1, 0.15) is 11.5 Å². The van der Waals surface area contributed by atoms with Crippen LogP contribution in [0, 0.1) is 27.7 Å². The second-order valence-electron chi connectivity index (χ2n) is 6.11. The van der Waals surface area contributed by atoms with Crippen molar-refractivity contribution in [1.82, 2.24) is 0 Å². The maximum Gasteiger partial charge on any atom is 1.00 e. The van der Waals surface area contributed by atoms with Gasteiger partial charge in [0.15, 0.2) is 5.52 Å². The number of benzene rings is 2. The molecular formula is C21H27LiO3P+. The van der Waals surface area contributed by atoms with Crippen molar-refractivity contribution in [2.75, 3.05) is 13.2 Å². The zero-order chi connectivity index (χ0) is 18.6. The van der Waals surface area contributed by atoms with E-state index in [-0.39, 0.29) is 33.0 Å². The number of carbonyl (C=O) groups is 1. The minimum atomic E-state index is 0. The Labute approximate surface area is 170 Å². The predicted octanol–water partition coefficient (Wildman–Crippen LogP) is 1.87. The average Bonchev–Trinajstić information content (AvgIpc) is 2.55. The summed E-state index contributed by atoms with van der Waals surface area (Å²) in [6, 6.07) is 7.82. The molecule has 0 aliphatic heterocycles. The Bertz CT molecular complexity index is 787. The average molecular weight is 365 g/mol. The fourth-order valence-electron chi connectivity index (χ4n) is 2.96. The van der Waals surface area contributed by atoms with Crippen LogP contribution in [0.5, 0.6) is 11.5 Å². The standard InChI is InChI=1S/C21H27O3P.Li/c1-7-23-17-9-10-19(18(12-17)24-8-2)25-21(22)20-14(4)11-13(3)15(5)16(20)6;/h9-12,25H,7-8H2,1-6H3;/q;+1. The first-order valence-electron chi connectivity index (χ1n) is 8.67. The fourth-order valence-corrected chi connectivity index (χ4v) is 4.14. The van der Waals surface area contributed by atoms with E-state index in [9.17, 15) is 4.79 Å². The van der Waals surface area contributed by atoms with Gasteiger partial charge in [-0.25, -0.2) is 0 Å². The summed E-state index contributed by atoms with van der Waals surface area (Å²) >= 11 is 0. The van der Waals surface area contributed by atoms with E-state index in [1.54, 1.807) is 0 Å². The zero-order valence-corrected chi connectivity index (χ0v) is 17.9. The molecule has 2 aromatic rings. The molecule has 3 nitrogen and oxygen atoms in total. The van der Waals surface area contributed by atoms with Crippen molar-refractivity contribution in [2.24, 2.45) is 0 Å². The SMILES string of the molecule is CCOc1ccc(PC(=O)c2c(C)cc(C)c(C)c2C)c(OCC)c1.[Li+]. The van der Waals surface area contributed by atoms with E-state index >= 15 is 0 Å². The molecule has 5 heteroatoms. The summed E-state index contributed by atoms with van der Waals surface area (Å²) in [5.41, 5.74) is 5.54. The van der Waals surface area contributed by atoms with Gasteiger partial charge in [-0.15, -0.1) is 0 Å². The molecular weight excluding hydrogens is 338 g/mol. The first-order chi connectivity index (χ1) is 11.9. The maximum absolute atomic E-state index is 13.0. The third-order valence-electron chi connectivity index (χ3n) is 4.40. The Hall–Kier alpha value is -1.26. The van der Waals surface area contributed by atoms with Crippen molar-refractivity contribution in [2.45, 2.75) is 41.5 Å². The van der Waals surface area contributed by atoms with Crippen molar-refractivity contribution < 1.29 is 33.1 Å². The Morgan fingerprint density at radius 1 is 0.923 bits per heavy atom. The topological polar surface area (TPSA) is 35.5 Å². The second kappa shape index (κ2) is 10.2. The van der Waals surface area contributed by atoms with Crippen molar-refractivity contribution >= 4 is 19.4 Å². The summed E-state index contributed by atoms with van der Waals surface area (Å²) in [6.07, 6.45) is 0. The molecule has 0 N–H and O–H groups in total. The number of rotatable bonds is 7. The van der Waals surface area contributed by atoms with Crippen molar-refractivity contribution in [3.63, 3.8) is 0 Å². The van der Waals surface area contributed by atoms with Crippen LogP contribution < -0.4 is 33.6 Å². The van der Waals surface area contributed by atoms with Crippen LogP contribution in [0.3, 0.4) is 0 Å². The van der Waals surface area contributed by atoms with Gasteiger partial charge in [-0.1, -0.05) is 6.07 Å². The van der Waals surface area contributed by atoms with Gasteiger partial charge >= 0.3 is 18.9 Å². The number of aryl methyl sites for hydroxylation is 2. The molecule has 0 aromatic heterocycles. The van der Waals surface area contributed by atoms with Crippen LogP contribution in [-0.2, 0) is 0 Å². The van der Waals surface area contributed by atoms with Crippen LogP contribution in [-0.4, -0.2) is 18.7 Å². The van der Waals surface area contributed by atoms with Gasteiger partial charge in [-0.2, -0.15) is 0 Å². The quantitative estimate of drug-likeness (QED) is 0.555. The number of hydrogen-bond acceptors (Lipinski definition) is 3. The Morgan fingerprint density at radius 3 is 2.19 bits per heavy atom. The van der Waals surface area contributed by atoms with Gasteiger partial charge in [-0.3, -0.25) is 4.79 Å². The third kappa shape index (κ3) is 5.14. The van der Waals surface area contributed by atoms with E-state index in [0.29, 0.717) is 13.2 Å². The molecule has 0 amide bonds. The Balaban J connectivity index is 0.00000338. The molecule has 0 spiro atoms. The van der Waals surface area contributed by atoms with E-state index in [1.807, 2.05) is 45.9 Å². The van der Waals surface area contributed by atoms with Crippen LogP contribution in [0.15, 0.2) is 24.3 Å². The summed E-state index contributed by atoms with van der Waals surface area (Å²) < 4.78 is 11.3. The van der Waals surface area contributed by atoms with Gasteiger partial charge in [0.05, 0.1) is 13.2 Å². The van der Waals surface area contributed by atoms with Crippen LogP contribution in [0.4, 0.5) is 0 Å². The predicted molar refractivity (Wildman–Crippen MR) is 106 cm³/mol. The number of hydrogen-bond donors (Lipinski definition) is 0. The Morgan fingerprint density at radius 2 is 1.58 bits per heavy atom. The smallest absolute Gasteiger partial charge is 0.494 e. The molecule has 0 aliphatic carbocycles. The van der Waals surface area contributed by atoms with Crippen LogP contribution in [0.1, 0.15) is 46.5 Å². The fraction of sp³-hybridized carbons (Fsp3) is 0.381. The molecule has 0 heterocycles. The van der Waals surface area contributed by atoms with E-state index < -0.39 is 0 Å². The number of ether oxygens (including phenoxy) is 2. The molecule has 0 aliphatic rings. The van der Waals surface area contributed by atoms with Crippen LogP contribution >= 0.6 is 8.58 Å². The molecule has 2 rings (SSSR count). The van der Waals surface area contributed by atoms with Crippen LogP contribution in [0.25, 0.3) is 0 Å². The molecule has 1 unspecified atom stereocenters. The summed E-state index contributed by atoms with van der Waals surface area (Å²) in [6.45, 7) is 13.3. The summed E-state index contributed by atoms with van der Waals surface area (Å²) in [7, 11) is 0.0293. The summed E-state index contributed by atoms with van der Waals surface area (Å²) in [5.74, 6) is 1.50. The van der Waals surface area contributed by atoms with Crippen molar-refractivity contribution in [3.8, 4) is 11.5 Å². The number of carbonyl (C=O) groups excluding carboxylic acids is 1.